The lowest BCUT2D eigenvalue weighted by molar-refractivity contribution is 0.149. The molecule has 0 aliphatic carbocycles. The Kier molecular flexibility index (Phi) is 3.97. The summed E-state index contributed by atoms with van der Waals surface area (Å²) >= 11 is 6.06. The van der Waals surface area contributed by atoms with Crippen molar-refractivity contribution in [2.75, 3.05) is 7.11 Å². The first-order chi connectivity index (χ1) is 6.97. The molecule has 4 heteroatoms. The van der Waals surface area contributed by atoms with Crippen molar-refractivity contribution in [2.24, 2.45) is 5.73 Å². The maximum Gasteiger partial charge on any atom is 0.126 e. The molecule has 3 N–H and O–H groups in total. The summed E-state index contributed by atoms with van der Waals surface area (Å²) in [4.78, 5) is 0. The van der Waals surface area contributed by atoms with E-state index in [9.17, 15) is 5.11 Å². The van der Waals surface area contributed by atoms with Gasteiger partial charge in [-0.15, -0.1) is 0 Å². The maximum atomic E-state index is 9.89. The second kappa shape index (κ2) is 4.84. The first-order valence-electron chi connectivity index (χ1n) is 4.75. The van der Waals surface area contributed by atoms with Crippen LogP contribution in [0.3, 0.4) is 0 Å². The van der Waals surface area contributed by atoms with Crippen molar-refractivity contribution in [1.82, 2.24) is 0 Å². The molecule has 1 aromatic rings. The molecule has 0 amide bonds. The number of methoxy groups -OCH3 is 1. The minimum Gasteiger partial charge on any atom is -0.496 e. The molecule has 0 fully saturated rings. The van der Waals surface area contributed by atoms with Crippen molar-refractivity contribution in [3.05, 3.63) is 28.3 Å². The van der Waals surface area contributed by atoms with Crippen LogP contribution >= 0.6 is 11.6 Å². The Labute approximate surface area is 94.8 Å². The van der Waals surface area contributed by atoms with E-state index >= 15 is 0 Å². The Hall–Kier alpha value is -0.770. The molecule has 0 saturated carbocycles. The number of ether oxygens (including phenoxy) is 1. The van der Waals surface area contributed by atoms with Crippen molar-refractivity contribution in [3.8, 4) is 5.75 Å². The largest absolute Gasteiger partial charge is 0.496 e. The predicted octanol–water partition coefficient (Wildman–Crippen LogP) is 2.04. The van der Waals surface area contributed by atoms with Gasteiger partial charge in [-0.05, 0) is 31.5 Å². The normalized spacial score (nSPS) is 14.8. The Morgan fingerprint density at radius 2 is 2.07 bits per heavy atom. The average molecular weight is 230 g/mol. The number of aliphatic hydroxyl groups is 1. The van der Waals surface area contributed by atoms with Crippen LogP contribution in [0.15, 0.2) is 12.1 Å². The maximum absolute atomic E-state index is 9.89. The lowest BCUT2D eigenvalue weighted by Crippen LogP contribution is -2.25. The van der Waals surface area contributed by atoms with Crippen LogP contribution in [0.2, 0.25) is 5.02 Å². The zero-order valence-electron chi connectivity index (χ0n) is 9.12. The average Bonchev–Trinajstić information content (AvgIpc) is 2.15. The highest BCUT2D eigenvalue weighted by atomic mass is 35.5. The Bertz CT molecular complexity index is 353. The Balaban J connectivity index is 3.26. The quantitative estimate of drug-likeness (QED) is 0.834. The van der Waals surface area contributed by atoms with Crippen LogP contribution in [0.5, 0.6) is 5.75 Å². The number of rotatable bonds is 3. The zero-order valence-corrected chi connectivity index (χ0v) is 9.88. The minimum atomic E-state index is -0.812. The second-order valence-electron chi connectivity index (χ2n) is 3.67. The molecule has 15 heavy (non-hydrogen) atoms. The molecule has 0 saturated heterocycles. The van der Waals surface area contributed by atoms with Gasteiger partial charge in [0.2, 0.25) is 0 Å². The number of nitrogens with two attached hydrogens (primary N) is 1. The van der Waals surface area contributed by atoms with Gasteiger partial charge in [-0.3, -0.25) is 0 Å². The van der Waals surface area contributed by atoms with Crippen molar-refractivity contribution < 1.29 is 9.84 Å². The fraction of sp³-hybridized carbons (Fsp3) is 0.455. The Morgan fingerprint density at radius 3 is 2.53 bits per heavy atom. The number of halogens is 1. The van der Waals surface area contributed by atoms with E-state index < -0.39 is 6.10 Å². The van der Waals surface area contributed by atoms with Crippen LogP contribution in [0.4, 0.5) is 0 Å². The summed E-state index contributed by atoms with van der Waals surface area (Å²) < 4.78 is 5.18. The van der Waals surface area contributed by atoms with E-state index in [1.807, 2.05) is 13.0 Å². The fourth-order valence-corrected chi connectivity index (χ4v) is 1.82. The van der Waals surface area contributed by atoms with Gasteiger partial charge in [-0.1, -0.05) is 11.6 Å². The molecule has 0 aromatic heterocycles. The van der Waals surface area contributed by atoms with Gasteiger partial charge < -0.3 is 15.6 Å². The summed E-state index contributed by atoms with van der Waals surface area (Å²) in [7, 11) is 1.54. The van der Waals surface area contributed by atoms with E-state index in [0.29, 0.717) is 16.3 Å². The number of aryl methyl sites for hydroxylation is 1. The SMILES string of the molecule is COc1cc(C)cc(Cl)c1C(O)C(C)N. The molecule has 2 atom stereocenters. The van der Waals surface area contributed by atoms with Crippen LogP contribution in [0.25, 0.3) is 0 Å². The van der Waals surface area contributed by atoms with Gasteiger partial charge in [0.1, 0.15) is 5.75 Å². The van der Waals surface area contributed by atoms with Crippen molar-refractivity contribution >= 4 is 11.6 Å². The molecule has 3 nitrogen and oxygen atoms in total. The van der Waals surface area contributed by atoms with Gasteiger partial charge in [-0.25, -0.2) is 0 Å². The number of aliphatic hydroxyl groups excluding tert-OH is 1. The van der Waals surface area contributed by atoms with E-state index in [0.717, 1.165) is 5.56 Å². The third-order valence-corrected chi connectivity index (χ3v) is 2.56. The standard InChI is InChI=1S/C11H16ClNO2/c1-6-4-8(12)10(9(5-6)15-3)11(14)7(2)13/h4-5,7,11,14H,13H2,1-3H3. The molecular formula is C11H16ClNO2. The van der Waals surface area contributed by atoms with Crippen LogP contribution in [-0.2, 0) is 0 Å². The summed E-state index contributed by atoms with van der Waals surface area (Å²) in [6.45, 7) is 3.64. The first kappa shape index (κ1) is 12.3. The highest BCUT2D eigenvalue weighted by Crippen LogP contribution is 2.34. The summed E-state index contributed by atoms with van der Waals surface area (Å²) in [6, 6.07) is 3.22. The lowest BCUT2D eigenvalue weighted by Gasteiger charge is -2.19. The molecule has 1 rings (SSSR count). The molecular weight excluding hydrogens is 214 g/mol. The van der Waals surface area contributed by atoms with Crippen LogP contribution in [-0.4, -0.2) is 18.3 Å². The van der Waals surface area contributed by atoms with Crippen molar-refractivity contribution in [2.45, 2.75) is 26.0 Å². The van der Waals surface area contributed by atoms with E-state index in [4.69, 9.17) is 22.1 Å². The molecule has 0 radical (unpaired) electrons. The summed E-state index contributed by atoms with van der Waals surface area (Å²) in [6.07, 6.45) is -0.812. The second-order valence-corrected chi connectivity index (χ2v) is 4.07. The zero-order chi connectivity index (χ0) is 11.6. The fourth-order valence-electron chi connectivity index (χ4n) is 1.44. The lowest BCUT2D eigenvalue weighted by atomic mass is 10.0. The number of hydrogen-bond donors (Lipinski definition) is 2. The van der Waals surface area contributed by atoms with Gasteiger partial charge in [-0.2, -0.15) is 0 Å². The first-order valence-corrected chi connectivity index (χ1v) is 5.12. The predicted molar refractivity (Wildman–Crippen MR) is 61.4 cm³/mol. The topological polar surface area (TPSA) is 55.5 Å². The summed E-state index contributed by atoms with van der Waals surface area (Å²) in [5.74, 6) is 0.574. The summed E-state index contributed by atoms with van der Waals surface area (Å²) in [5, 5.41) is 10.4. The molecule has 0 bridgehead atoms. The van der Waals surface area contributed by atoms with Gasteiger partial charge in [0.05, 0.1) is 18.2 Å². The van der Waals surface area contributed by atoms with Crippen LogP contribution in [0, 0.1) is 6.92 Å². The van der Waals surface area contributed by atoms with E-state index in [1.165, 1.54) is 0 Å². The van der Waals surface area contributed by atoms with Gasteiger partial charge in [0.25, 0.3) is 0 Å². The monoisotopic (exact) mass is 229 g/mol. The Morgan fingerprint density at radius 1 is 1.47 bits per heavy atom. The molecule has 0 aliphatic heterocycles. The highest BCUT2D eigenvalue weighted by Gasteiger charge is 2.20. The highest BCUT2D eigenvalue weighted by molar-refractivity contribution is 6.31. The van der Waals surface area contributed by atoms with Crippen LogP contribution < -0.4 is 10.5 Å². The van der Waals surface area contributed by atoms with Gasteiger partial charge in [0.15, 0.2) is 0 Å². The van der Waals surface area contributed by atoms with E-state index in [-0.39, 0.29) is 6.04 Å². The van der Waals surface area contributed by atoms with Crippen molar-refractivity contribution in [3.63, 3.8) is 0 Å². The van der Waals surface area contributed by atoms with E-state index in [2.05, 4.69) is 0 Å². The van der Waals surface area contributed by atoms with Crippen LogP contribution in [0.1, 0.15) is 24.2 Å². The molecule has 0 heterocycles. The molecule has 0 spiro atoms. The van der Waals surface area contributed by atoms with Gasteiger partial charge in [0, 0.05) is 11.6 Å². The smallest absolute Gasteiger partial charge is 0.126 e. The number of benzene rings is 1. The number of hydrogen-bond acceptors (Lipinski definition) is 3. The molecule has 1 aromatic carbocycles. The minimum absolute atomic E-state index is 0.390. The van der Waals surface area contributed by atoms with E-state index in [1.54, 1.807) is 20.1 Å². The van der Waals surface area contributed by atoms with Crippen molar-refractivity contribution in [1.29, 1.82) is 0 Å². The molecule has 0 aliphatic rings. The van der Waals surface area contributed by atoms with Gasteiger partial charge >= 0.3 is 0 Å². The third kappa shape index (κ3) is 2.62. The molecule has 84 valence electrons. The molecule has 2 unspecified atom stereocenters. The summed E-state index contributed by atoms with van der Waals surface area (Å²) in [5.41, 5.74) is 7.17. The third-order valence-electron chi connectivity index (χ3n) is 2.25.